The monoisotopic (exact) mass is 323 g/mol. The number of pyridine rings is 1. The Morgan fingerprint density at radius 3 is 2.32 bits per heavy atom. The van der Waals surface area contributed by atoms with Crippen LogP contribution in [0, 0.1) is 5.82 Å². The number of aromatic nitrogens is 1. The highest BCUT2D eigenvalue weighted by atomic mass is 79.9. The van der Waals surface area contributed by atoms with Gasteiger partial charge in [0.2, 0.25) is 0 Å². The summed E-state index contributed by atoms with van der Waals surface area (Å²) in [4.78, 5) is 3.90. The van der Waals surface area contributed by atoms with Gasteiger partial charge < -0.3 is 4.74 Å². The molecular weight excluding hydrogens is 309 g/mol. The number of rotatable bonds is 2. The molecule has 2 aromatic rings. The molecule has 0 saturated carbocycles. The standard InChI is InChI=1S/C15H15BrFNO/c1-15(2,3)10-4-6-12(7-5-10)19-14-13(17)8-11(16)9-18-14/h4-9H,1-3H3. The first-order valence-corrected chi connectivity index (χ1v) is 6.75. The Hall–Kier alpha value is -1.42. The van der Waals surface area contributed by atoms with E-state index in [0.29, 0.717) is 10.2 Å². The third-order valence-electron chi connectivity index (χ3n) is 2.71. The topological polar surface area (TPSA) is 22.1 Å². The third kappa shape index (κ3) is 3.53. The largest absolute Gasteiger partial charge is 0.436 e. The molecule has 0 aliphatic heterocycles. The number of halogens is 2. The van der Waals surface area contributed by atoms with Crippen molar-refractivity contribution < 1.29 is 9.13 Å². The fraction of sp³-hybridized carbons (Fsp3) is 0.267. The lowest BCUT2D eigenvalue weighted by atomic mass is 9.87. The number of ether oxygens (including phenoxy) is 1. The van der Waals surface area contributed by atoms with E-state index in [1.165, 1.54) is 17.8 Å². The number of hydrogen-bond acceptors (Lipinski definition) is 2. The molecule has 0 amide bonds. The SMILES string of the molecule is CC(C)(C)c1ccc(Oc2ncc(Br)cc2F)cc1. The van der Waals surface area contributed by atoms with Gasteiger partial charge >= 0.3 is 0 Å². The van der Waals surface area contributed by atoms with Crippen molar-refractivity contribution in [3.05, 3.63) is 52.4 Å². The second kappa shape index (κ2) is 5.29. The lowest BCUT2D eigenvalue weighted by molar-refractivity contribution is 0.422. The van der Waals surface area contributed by atoms with Gasteiger partial charge in [0.25, 0.3) is 5.88 Å². The van der Waals surface area contributed by atoms with Crippen LogP contribution in [0.15, 0.2) is 41.0 Å². The van der Waals surface area contributed by atoms with Crippen LogP contribution >= 0.6 is 15.9 Å². The van der Waals surface area contributed by atoms with Crippen LogP contribution in [0.3, 0.4) is 0 Å². The van der Waals surface area contributed by atoms with Crippen LogP contribution < -0.4 is 4.74 Å². The fourth-order valence-corrected chi connectivity index (χ4v) is 1.92. The van der Waals surface area contributed by atoms with E-state index in [1.807, 2.05) is 24.3 Å². The normalized spacial score (nSPS) is 11.4. The average Bonchev–Trinajstić information content (AvgIpc) is 2.32. The Balaban J connectivity index is 2.20. The summed E-state index contributed by atoms with van der Waals surface area (Å²) in [6.45, 7) is 6.41. The van der Waals surface area contributed by atoms with E-state index in [2.05, 4.69) is 41.7 Å². The Labute approximate surface area is 120 Å². The van der Waals surface area contributed by atoms with Crippen LogP contribution in [-0.2, 0) is 5.41 Å². The minimum atomic E-state index is -0.491. The maximum Gasteiger partial charge on any atom is 0.255 e. The zero-order valence-corrected chi connectivity index (χ0v) is 12.7. The first-order valence-electron chi connectivity index (χ1n) is 5.96. The van der Waals surface area contributed by atoms with E-state index in [-0.39, 0.29) is 11.3 Å². The van der Waals surface area contributed by atoms with Gasteiger partial charge in [0.1, 0.15) is 5.75 Å². The summed E-state index contributed by atoms with van der Waals surface area (Å²) in [5, 5.41) is 0. The van der Waals surface area contributed by atoms with E-state index in [9.17, 15) is 4.39 Å². The predicted molar refractivity (Wildman–Crippen MR) is 77.1 cm³/mol. The molecule has 0 aliphatic carbocycles. The summed E-state index contributed by atoms with van der Waals surface area (Å²) in [6, 6.07) is 8.93. The van der Waals surface area contributed by atoms with E-state index < -0.39 is 5.82 Å². The zero-order chi connectivity index (χ0) is 14.0. The molecule has 0 bridgehead atoms. The highest BCUT2D eigenvalue weighted by Gasteiger charge is 2.13. The van der Waals surface area contributed by atoms with Crippen molar-refractivity contribution in [1.82, 2.24) is 4.98 Å². The van der Waals surface area contributed by atoms with Gasteiger partial charge in [-0.3, -0.25) is 0 Å². The quantitative estimate of drug-likeness (QED) is 0.769. The maximum atomic E-state index is 13.6. The third-order valence-corrected chi connectivity index (χ3v) is 3.14. The minimum absolute atomic E-state index is 0.0216. The van der Waals surface area contributed by atoms with Gasteiger partial charge in [0, 0.05) is 10.7 Å². The molecule has 0 atom stereocenters. The first kappa shape index (κ1) is 14.0. The van der Waals surface area contributed by atoms with Crippen molar-refractivity contribution in [2.75, 3.05) is 0 Å². The summed E-state index contributed by atoms with van der Waals surface area (Å²) in [6.07, 6.45) is 1.50. The van der Waals surface area contributed by atoms with Gasteiger partial charge in [-0.05, 0) is 45.1 Å². The van der Waals surface area contributed by atoms with Crippen molar-refractivity contribution in [1.29, 1.82) is 0 Å². The lowest BCUT2D eigenvalue weighted by Crippen LogP contribution is -2.10. The highest BCUT2D eigenvalue weighted by molar-refractivity contribution is 9.10. The molecule has 1 heterocycles. The lowest BCUT2D eigenvalue weighted by Gasteiger charge is -2.19. The molecule has 0 unspecified atom stereocenters. The summed E-state index contributed by atoms with van der Waals surface area (Å²) in [5.41, 5.74) is 1.28. The molecule has 0 saturated heterocycles. The predicted octanol–water partition coefficient (Wildman–Crippen LogP) is 5.07. The summed E-state index contributed by atoms with van der Waals surface area (Å²) in [5.74, 6) is 0.0581. The average molecular weight is 324 g/mol. The summed E-state index contributed by atoms with van der Waals surface area (Å²) >= 11 is 3.16. The number of hydrogen-bond donors (Lipinski definition) is 0. The Bertz CT molecular complexity index is 576. The van der Waals surface area contributed by atoms with Gasteiger partial charge in [-0.2, -0.15) is 0 Å². The molecule has 1 aromatic heterocycles. The van der Waals surface area contributed by atoms with Gasteiger partial charge in [-0.1, -0.05) is 32.9 Å². The smallest absolute Gasteiger partial charge is 0.255 e. The van der Waals surface area contributed by atoms with Crippen LogP contribution in [0.4, 0.5) is 4.39 Å². The minimum Gasteiger partial charge on any atom is -0.436 e. The number of benzene rings is 1. The molecule has 4 heteroatoms. The van der Waals surface area contributed by atoms with Crippen molar-refractivity contribution >= 4 is 15.9 Å². The van der Waals surface area contributed by atoms with Crippen LogP contribution in [0.25, 0.3) is 0 Å². The number of nitrogens with zero attached hydrogens (tertiary/aromatic N) is 1. The van der Waals surface area contributed by atoms with E-state index >= 15 is 0 Å². The van der Waals surface area contributed by atoms with Crippen LogP contribution in [0.2, 0.25) is 0 Å². The van der Waals surface area contributed by atoms with E-state index in [0.717, 1.165) is 0 Å². The van der Waals surface area contributed by atoms with Gasteiger partial charge in [0.05, 0.1) is 0 Å². The zero-order valence-electron chi connectivity index (χ0n) is 11.1. The van der Waals surface area contributed by atoms with Crippen molar-refractivity contribution in [2.24, 2.45) is 0 Å². The Morgan fingerprint density at radius 1 is 1.16 bits per heavy atom. The molecule has 0 aliphatic rings. The molecule has 2 nitrogen and oxygen atoms in total. The van der Waals surface area contributed by atoms with Gasteiger partial charge in [-0.25, -0.2) is 9.37 Å². The Morgan fingerprint density at radius 2 is 1.79 bits per heavy atom. The van der Waals surface area contributed by atoms with Crippen LogP contribution in [0.1, 0.15) is 26.3 Å². The first-order chi connectivity index (χ1) is 8.86. The molecule has 100 valence electrons. The molecule has 0 N–H and O–H groups in total. The Kier molecular flexibility index (Phi) is 3.90. The van der Waals surface area contributed by atoms with Crippen molar-refractivity contribution in [3.8, 4) is 11.6 Å². The molecule has 19 heavy (non-hydrogen) atoms. The van der Waals surface area contributed by atoms with Crippen molar-refractivity contribution in [3.63, 3.8) is 0 Å². The second-order valence-electron chi connectivity index (χ2n) is 5.32. The molecule has 2 rings (SSSR count). The van der Waals surface area contributed by atoms with Gasteiger partial charge in [-0.15, -0.1) is 0 Å². The molecule has 1 aromatic carbocycles. The van der Waals surface area contributed by atoms with E-state index in [1.54, 1.807) is 0 Å². The second-order valence-corrected chi connectivity index (χ2v) is 6.23. The maximum absolute atomic E-state index is 13.6. The molecular formula is C15H15BrFNO. The molecule has 0 spiro atoms. The van der Waals surface area contributed by atoms with Crippen molar-refractivity contribution in [2.45, 2.75) is 26.2 Å². The fourth-order valence-electron chi connectivity index (χ4n) is 1.61. The molecule has 0 fully saturated rings. The van der Waals surface area contributed by atoms with E-state index in [4.69, 9.17) is 4.74 Å². The van der Waals surface area contributed by atoms with Crippen LogP contribution in [0.5, 0.6) is 11.6 Å². The summed E-state index contributed by atoms with van der Waals surface area (Å²) < 4.78 is 19.6. The molecule has 0 radical (unpaired) electrons. The van der Waals surface area contributed by atoms with Gasteiger partial charge in [0.15, 0.2) is 5.82 Å². The highest BCUT2D eigenvalue weighted by Crippen LogP contribution is 2.27. The van der Waals surface area contributed by atoms with Crippen LogP contribution in [-0.4, -0.2) is 4.98 Å². The summed E-state index contributed by atoms with van der Waals surface area (Å²) in [7, 11) is 0.